The Bertz CT molecular complexity index is 722. The highest BCUT2D eigenvalue weighted by Crippen LogP contribution is 2.35. The first-order valence-corrected chi connectivity index (χ1v) is 8.10. The number of ether oxygens (including phenoxy) is 2. The van der Waals surface area contributed by atoms with Crippen LogP contribution in [0.1, 0.15) is 17.5 Å². The van der Waals surface area contributed by atoms with Crippen LogP contribution in [-0.2, 0) is 22.6 Å². The number of carbonyl (C=O) groups excluding carboxylic acids is 2. The molecule has 6 nitrogen and oxygen atoms in total. The second-order valence-electron chi connectivity index (χ2n) is 5.81. The maximum Gasteiger partial charge on any atom is 0.456 e. The summed E-state index contributed by atoms with van der Waals surface area (Å²) in [5.74, 6) is -5.19. The summed E-state index contributed by atoms with van der Waals surface area (Å²) in [6, 6.07) is 5.89. The number of hydrogen-bond donors (Lipinski definition) is 2. The maximum absolute atomic E-state index is 12.7. The van der Waals surface area contributed by atoms with Gasteiger partial charge in [0.15, 0.2) is 6.61 Å². The molecule has 1 rings (SSSR count). The fourth-order valence-corrected chi connectivity index (χ4v) is 1.80. The van der Waals surface area contributed by atoms with Crippen LogP contribution in [0.3, 0.4) is 0 Å². The van der Waals surface area contributed by atoms with Crippen molar-refractivity contribution < 1.29 is 54.2 Å². The average Bonchev–Trinajstić information content (AvgIpc) is 2.61. The highest BCUT2D eigenvalue weighted by Gasteiger charge is 2.58. The van der Waals surface area contributed by atoms with Crippen LogP contribution in [0.5, 0.6) is 0 Å². The van der Waals surface area contributed by atoms with Gasteiger partial charge in [-0.1, -0.05) is 24.3 Å². The number of alkyl halides is 8. The summed E-state index contributed by atoms with van der Waals surface area (Å²) in [5, 5.41) is 4.17. The van der Waals surface area contributed by atoms with Crippen molar-refractivity contribution in [1.82, 2.24) is 10.6 Å². The Morgan fingerprint density at radius 3 is 1.80 bits per heavy atom. The minimum atomic E-state index is -5.86. The van der Waals surface area contributed by atoms with E-state index in [1.54, 1.807) is 0 Å². The van der Waals surface area contributed by atoms with Crippen molar-refractivity contribution in [3.63, 3.8) is 0 Å². The van der Waals surface area contributed by atoms with Crippen LogP contribution in [0.2, 0.25) is 0 Å². The number of halogens is 8. The topological polar surface area (TPSA) is 76.7 Å². The summed E-state index contributed by atoms with van der Waals surface area (Å²) in [7, 11) is 0. The Kier molecular flexibility index (Phi) is 8.66. The van der Waals surface area contributed by atoms with Crippen LogP contribution >= 0.6 is 0 Å². The molecule has 0 fully saturated rings. The second-order valence-corrected chi connectivity index (χ2v) is 5.81. The lowest BCUT2D eigenvalue weighted by molar-refractivity contribution is -0.292. The zero-order valence-electron chi connectivity index (χ0n) is 15.0. The third-order valence-corrected chi connectivity index (χ3v) is 3.28. The Balaban J connectivity index is 2.41. The fraction of sp³-hybridized carbons (Fsp3) is 0.500. The van der Waals surface area contributed by atoms with Crippen molar-refractivity contribution in [2.75, 3.05) is 13.2 Å². The highest BCUT2D eigenvalue weighted by molar-refractivity contribution is 5.67. The van der Waals surface area contributed by atoms with Crippen molar-refractivity contribution in [2.24, 2.45) is 0 Å². The number of nitrogens with one attached hydrogen (secondary N) is 2. The molecule has 30 heavy (non-hydrogen) atoms. The second kappa shape index (κ2) is 10.3. The van der Waals surface area contributed by atoms with Gasteiger partial charge in [0.1, 0.15) is 6.61 Å². The number of alkyl carbamates (subject to hydrolysis) is 2. The summed E-state index contributed by atoms with van der Waals surface area (Å²) < 4.78 is 105. The molecule has 0 spiro atoms. The Hall–Kier alpha value is -2.80. The molecule has 0 aliphatic heterocycles. The molecule has 0 heterocycles. The smallest absolute Gasteiger partial charge is 0.449 e. The van der Waals surface area contributed by atoms with E-state index >= 15 is 0 Å². The van der Waals surface area contributed by atoms with Crippen LogP contribution in [0.4, 0.5) is 44.7 Å². The largest absolute Gasteiger partial charge is 0.456 e. The van der Waals surface area contributed by atoms with Crippen LogP contribution in [0.25, 0.3) is 0 Å². The van der Waals surface area contributed by atoms with E-state index in [4.69, 9.17) is 0 Å². The van der Waals surface area contributed by atoms with E-state index in [-0.39, 0.29) is 13.1 Å². The number of hydrogen-bond acceptors (Lipinski definition) is 4. The lowest BCUT2D eigenvalue weighted by Crippen LogP contribution is -2.42. The predicted octanol–water partition coefficient (Wildman–Crippen LogP) is 4.29. The van der Waals surface area contributed by atoms with Crippen molar-refractivity contribution in [2.45, 2.75) is 37.8 Å². The van der Waals surface area contributed by atoms with Crippen LogP contribution in [-0.4, -0.2) is 43.7 Å². The van der Waals surface area contributed by atoms with E-state index in [2.05, 4.69) is 14.8 Å². The summed E-state index contributed by atoms with van der Waals surface area (Å²) in [6.45, 7) is -3.46. The van der Waals surface area contributed by atoms with E-state index < -0.39 is 50.1 Å². The first-order chi connectivity index (χ1) is 13.7. The molecule has 2 N–H and O–H groups in total. The molecule has 1 aromatic carbocycles. The standard InChI is InChI=1S/C16H16F8N2O4/c17-14(18,16(22,23)24)9-30-13(28)26-8-11-3-1-2-10(6-11)7-25-12(27)29-5-4-15(19,20)21/h1-3,6H,4-5,7-9H2,(H,25,27)(H,26,28). The number of carbonyl (C=O) groups is 2. The maximum atomic E-state index is 12.7. The number of rotatable bonds is 8. The third-order valence-electron chi connectivity index (χ3n) is 3.28. The predicted molar refractivity (Wildman–Crippen MR) is 84.5 cm³/mol. The molecule has 1 aromatic rings. The van der Waals surface area contributed by atoms with Gasteiger partial charge in [0.05, 0.1) is 6.42 Å². The zero-order valence-corrected chi connectivity index (χ0v) is 15.0. The van der Waals surface area contributed by atoms with Gasteiger partial charge >= 0.3 is 30.5 Å². The monoisotopic (exact) mass is 452 g/mol. The molecule has 0 unspecified atom stereocenters. The number of amides is 2. The lowest BCUT2D eigenvalue weighted by Gasteiger charge is -2.19. The quantitative estimate of drug-likeness (QED) is 0.578. The summed E-state index contributed by atoms with van der Waals surface area (Å²) in [5.41, 5.74) is 0.818. The first-order valence-electron chi connectivity index (χ1n) is 8.10. The Morgan fingerprint density at radius 1 is 0.833 bits per heavy atom. The highest BCUT2D eigenvalue weighted by atomic mass is 19.4. The molecule has 0 saturated carbocycles. The van der Waals surface area contributed by atoms with E-state index in [1.165, 1.54) is 24.3 Å². The van der Waals surface area contributed by atoms with E-state index in [1.807, 2.05) is 5.32 Å². The van der Waals surface area contributed by atoms with Crippen LogP contribution in [0.15, 0.2) is 24.3 Å². The normalized spacial score (nSPS) is 12.3. The molecule has 14 heteroatoms. The van der Waals surface area contributed by atoms with Crippen molar-refractivity contribution >= 4 is 12.2 Å². The molecule has 0 aromatic heterocycles. The number of benzene rings is 1. The van der Waals surface area contributed by atoms with Gasteiger partial charge < -0.3 is 20.1 Å². The van der Waals surface area contributed by atoms with Crippen LogP contribution < -0.4 is 10.6 Å². The van der Waals surface area contributed by atoms with E-state index in [0.29, 0.717) is 11.1 Å². The fourth-order valence-electron chi connectivity index (χ4n) is 1.80. The van der Waals surface area contributed by atoms with Crippen molar-refractivity contribution in [1.29, 1.82) is 0 Å². The molecule has 0 saturated heterocycles. The van der Waals surface area contributed by atoms with Gasteiger partial charge in [-0.25, -0.2) is 9.59 Å². The third kappa shape index (κ3) is 9.60. The molecular weight excluding hydrogens is 436 g/mol. The SMILES string of the molecule is O=C(NCc1cccc(CNC(=O)OCC(F)(F)C(F)(F)F)c1)OCCC(F)(F)F. The van der Waals surface area contributed by atoms with Crippen LogP contribution in [0, 0.1) is 0 Å². The molecule has 0 aliphatic carbocycles. The Morgan fingerprint density at radius 2 is 1.33 bits per heavy atom. The molecule has 0 bridgehead atoms. The van der Waals surface area contributed by atoms with Gasteiger partial charge in [0.2, 0.25) is 0 Å². The van der Waals surface area contributed by atoms with E-state index in [0.717, 1.165) is 0 Å². The average molecular weight is 452 g/mol. The van der Waals surface area contributed by atoms with Gasteiger partial charge in [-0.15, -0.1) is 0 Å². The van der Waals surface area contributed by atoms with Gasteiger partial charge in [-0.2, -0.15) is 35.1 Å². The van der Waals surface area contributed by atoms with Crippen molar-refractivity contribution in [3.05, 3.63) is 35.4 Å². The zero-order chi connectivity index (χ0) is 23.0. The summed E-state index contributed by atoms with van der Waals surface area (Å²) in [6.07, 6.45) is -14.2. The van der Waals surface area contributed by atoms with Gasteiger partial charge in [0.25, 0.3) is 0 Å². The Labute approximate surface area is 164 Å². The summed E-state index contributed by atoms with van der Waals surface area (Å²) >= 11 is 0. The molecule has 0 aliphatic rings. The van der Waals surface area contributed by atoms with Crippen molar-refractivity contribution in [3.8, 4) is 0 Å². The summed E-state index contributed by atoms with van der Waals surface area (Å²) in [4.78, 5) is 22.6. The van der Waals surface area contributed by atoms with E-state index in [9.17, 15) is 44.7 Å². The van der Waals surface area contributed by atoms with Gasteiger partial charge in [0, 0.05) is 13.1 Å². The molecule has 2 amide bonds. The minimum Gasteiger partial charge on any atom is -0.449 e. The molecule has 0 radical (unpaired) electrons. The molecule has 0 atom stereocenters. The van der Waals surface area contributed by atoms with Gasteiger partial charge in [-0.05, 0) is 11.1 Å². The first kappa shape index (κ1) is 25.2. The molecule has 170 valence electrons. The molecular formula is C16H16F8N2O4. The van der Waals surface area contributed by atoms with Gasteiger partial charge in [-0.3, -0.25) is 0 Å². The minimum absolute atomic E-state index is 0.138. The lowest BCUT2D eigenvalue weighted by atomic mass is 10.1.